The largest absolute Gasteiger partial charge is 0.348 e. The summed E-state index contributed by atoms with van der Waals surface area (Å²) in [5, 5.41) is 6.88. The molecule has 2 heterocycles. The first-order valence-electron chi connectivity index (χ1n) is 5.73. The molecule has 2 rings (SSSR count). The van der Waals surface area contributed by atoms with Crippen LogP contribution in [0.25, 0.3) is 0 Å². The van der Waals surface area contributed by atoms with E-state index in [1.54, 1.807) is 19.3 Å². The molecule has 0 aliphatic rings. The van der Waals surface area contributed by atoms with Crippen LogP contribution in [0.1, 0.15) is 31.5 Å². The number of carbonyl (C=O) groups is 1. The summed E-state index contributed by atoms with van der Waals surface area (Å²) in [6.45, 7) is 3.71. The summed E-state index contributed by atoms with van der Waals surface area (Å²) in [4.78, 5) is 19.8. The first-order valence-corrected chi connectivity index (χ1v) is 5.73. The fraction of sp³-hybridized carbons (Fsp3) is 0.333. The molecule has 2 aromatic rings. The van der Waals surface area contributed by atoms with Crippen molar-refractivity contribution in [1.29, 1.82) is 0 Å². The van der Waals surface area contributed by atoms with E-state index in [-0.39, 0.29) is 18.0 Å². The Kier molecular flexibility index (Phi) is 3.66. The molecule has 0 saturated carbocycles. The average molecular weight is 245 g/mol. The van der Waals surface area contributed by atoms with E-state index in [4.69, 9.17) is 0 Å². The van der Waals surface area contributed by atoms with Gasteiger partial charge in [0, 0.05) is 12.4 Å². The smallest absolute Gasteiger partial charge is 0.245 e. The lowest BCUT2D eigenvalue weighted by atomic mass is 10.1. The number of pyridine rings is 1. The summed E-state index contributed by atoms with van der Waals surface area (Å²) in [5.74, 6) is -0.0928. The van der Waals surface area contributed by atoms with Crippen molar-refractivity contribution >= 4 is 5.91 Å². The van der Waals surface area contributed by atoms with Crippen LogP contribution in [-0.2, 0) is 4.79 Å². The Hall–Kier alpha value is -2.24. The molecular formula is C12H15N5O. The second-order valence-electron chi connectivity index (χ2n) is 4.06. The minimum atomic E-state index is -0.378. The number of nitrogens with zero attached hydrogens (tertiary/aromatic N) is 4. The van der Waals surface area contributed by atoms with Crippen LogP contribution in [0.3, 0.4) is 0 Å². The Morgan fingerprint density at radius 2 is 2.00 bits per heavy atom. The van der Waals surface area contributed by atoms with E-state index >= 15 is 0 Å². The van der Waals surface area contributed by atoms with Gasteiger partial charge < -0.3 is 5.32 Å². The van der Waals surface area contributed by atoms with Crippen molar-refractivity contribution in [3.8, 4) is 0 Å². The van der Waals surface area contributed by atoms with Crippen molar-refractivity contribution in [2.75, 3.05) is 0 Å². The molecule has 0 saturated heterocycles. The van der Waals surface area contributed by atoms with Crippen molar-refractivity contribution < 1.29 is 4.79 Å². The topological polar surface area (TPSA) is 72.7 Å². The molecule has 0 spiro atoms. The molecule has 0 radical (unpaired) electrons. The monoisotopic (exact) mass is 245 g/mol. The van der Waals surface area contributed by atoms with Crippen LogP contribution < -0.4 is 5.32 Å². The molecule has 6 heteroatoms. The lowest BCUT2D eigenvalue weighted by Crippen LogP contribution is -2.33. The summed E-state index contributed by atoms with van der Waals surface area (Å²) >= 11 is 0. The van der Waals surface area contributed by atoms with Crippen LogP contribution in [0, 0.1) is 0 Å². The normalized spacial score (nSPS) is 13.9. The van der Waals surface area contributed by atoms with E-state index < -0.39 is 0 Å². The van der Waals surface area contributed by atoms with Crippen LogP contribution in [0.2, 0.25) is 0 Å². The number of amides is 1. The first kappa shape index (κ1) is 12.2. The molecule has 6 nitrogen and oxygen atoms in total. The van der Waals surface area contributed by atoms with Crippen LogP contribution in [0.15, 0.2) is 37.2 Å². The lowest BCUT2D eigenvalue weighted by molar-refractivity contribution is -0.124. The fourth-order valence-electron chi connectivity index (χ4n) is 1.61. The zero-order valence-electron chi connectivity index (χ0n) is 10.3. The molecule has 0 aliphatic carbocycles. The van der Waals surface area contributed by atoms with Crippen LogP contribution in [0.5, 0.6) is 0 Å². The zero-order chi connectivity index (χ0) is 13.0. The minimum absolute atomic E-state index is 0.0635. The summed E-state index contributed by atoms with van der Waals surface area (Å²) in [6, 6.07) is 3.32. The zero-order valence-corrected chi connectivity index (χ0v) is 10.3. The Morgan fingerprint density at radius 3 is 2.61 bits per heavy atom. The van der Waals surface area contributed by atoms with Gasteiger partial charge in [0.15, 0.2) is 0 Å². The van der Waals surface area contributed by atoms with Gasteiger partial charge in [-0.1, -0.05) is 0 Å². The maximum atomic E-state index is 12.0. The highest BCUT2D eigenvalue weighted by Gasteiger charge is 2.17. The molecule has 0 aliphatic heterocycles. The maximum Gasteiger partial charge on any atom is 0.245 e. The van der Waals surface area contributed by atoms with E-state index in [0.29, 0.717) is 0 Å². The van der Waals surface area contributed by atoms with Gasteiger partial charge in [0.05, 0.1) is 6.04 Å². The summed E-state index contributed by atoms with van der Waals surface area (Å²) in [6.07, 6.45) is 6.36. The Balaban J connectivity index is 1.99. The van der Waals surface area contributed by atoms with Gasteiger partial charge in [0.2, 0.25) is 5.91 Å². The summed E-state index contributed by atoms with van der Waals surface area (Å²) < 4.78 is 1.52. The molecule has 94 valence electrons. The highest BCUT2D eigenvalue weighted by Crippen LogP contribution is 2.12. The molecule has 0 aromatic carbocycles. The molecule has 0 bridgehead atoms. The molecular weight excluding hydrogens is 230 g/mol. The van der Waals surface area contributed by atoms with Gasteiger partial charge in [-0.3, -0.25) is 9.78 Å². The van der Waals surface area contributed by atoms with E-state index in [0.717, 1.165) is 5.56 Å². The van der Waals surface area contributed by atoms with Crippen molar-refractivity contribution in [2.24, 2.45) is 0 Å². The number of nitrogens with one attached hydrogen (secondary N) is 1. The number of aromatic nitrogens is 4. The molecule has 0 unspecified atom stereocenters. The number of hydrogen-bond acceptors (Lipinski definition) is 4. The van der Waals surface area contributed by atoms with Gasteiger partial charge >= 0.3 is 0 Å². The van der Waals surface area contributed by atoms with Crippen LogP contribution >= 0.6 is 0 Å². The van der Waals surface area contributed by atoms with Gasteiger partial charge in [0.1, 0.15) is 18.7 Å². The van der Waals surface area contributed by atoms with Crippen molar-refractivity contribution in [3.63, 3.8) is 0 Å². The number of rotatable bonds is 4. The van der Waals surface area contributed by atoms with Gasteiger partial charge in [-0.25, -0.2) is 9.67 Å². The summed E-state index contributed by atoms with van der Waals surface area (Å²) in [5.41, 5.74) is 1.02. The van der Waals surface area contributed by atoms with Gasteiger partial charge in [-0.15, -0.1) is 0 Å². The third-order valence-corrected chi connectivity index (χ3v) is 2.78. The van der Waals surface area contributed by atoms with E-state index in [1.165, 1.54) is 17.3 Å². The average Bonchev–Trinajstić information content (AvgIpc) is 2.92. The van der Waals surface area contributed by atoms with E-state index in [2.05, 4.69) is 20.4 Å². The van der Waals surface area contributed by atoms with E-state index in [1.807, 2.05) is 19.1 Å². The van der Waals surface area contributed by atoms with Crippen molar-refractivity contribution in [2.45, 2.75) is 25.9 Å². The number of carbonyl (C=O) groups excluding carboxylic acids is 1. The second kappa shape index (κ2) is 5.39. The van der Waals surface area contributed by atoms with Gasteiger partial charge in [-0.2, -0.15) is 5.10 Å². The summed E-state index contributed by atoms with van der Waals surface area (Å²) in [7, 11) is 0. The van der Waals surface area contributed by atoms with Crippen LogP contribution in [0.4, 0.5) is 0 Å². The standard InChI is InChI=1S/C12H15N5O/c1-9(11-3-5-13-6-4-11)16-12(18)10(2)17-8-14-7-15-17/h3-10H,1-2H3,(H,16,18)/t9-,10-/m1/s1. The minimum Gasteiger partial charge on any atom is -0.348 e. The Morgan fingerprint density at radius 1 is 1.28 bits per heavy atom. The Bertz CT molecular complexity index is 496. The predicted molar refractivity (Wildman–Crippen MR) is 65.5 cm³/mol. The highest BCUT2D eigenvalue weighted by molar-refractivity contribution is 5.80. The highest BCUT2D eigenvalue weighted by atomic mass is 16.2. The Labute approximate surface area is 105 Å². The van der Waals surface area contributed by atoms with E-state index in [9.17, 15) is 4.79 Å². The molecule has 2 atom stereocenters. The second-order valence-corrected chi connectivity index (χ2v) is 4.06. The maximum absolute atomic E-state index is 12.0. The molecule has 0 fully saturated rings. The predicted octanol–water partition coefficient (Wildman–Crippen LogP) is 1.11. The molecule has 2 aromatic heterocycles. The number of hydrogen-bond donors (Lipinski definition) is 1. The van der Waals surface area contributed by atoms with Gasteiger partial charge in [0.25, 0.3) is 0 Å². The molecule has 18 heavy (non-hydrogen) atoms. The molecule has 1 N–H and O–H groups in total. The third-order valence-electron chi connectivity index (χ3n) is 2.78. The van der Waals surface area contributed by atoms with Crippen molar-refractivity contribution in [1.82, 2.24) is 25.1 Å². The lowest BCUT2D eigenvalue weighted by Gasteiger charge is -2.17. The SMILES string of the molecule is C[C@H](C(=O)N[C@H](C)c1ccncc1)n1cncn1. The van der Waals surface area contributed by atoms with Gasteiger partial charge in [-0.05, 0) is 31.5 Å². The third kappa shape index (κ3) is 2.71. The van der Waals surface area contributed by atoms with Crippen molar-refractivity contribution in [3.05, 3.63) is 42.7 Å². The van der Waals surface area contributed by atoms with Crippen LogP contribution in [-0.4, -0.2) is 25.7 Å². The first-order chi connectivity index (χ1) is 8.68. The quantitative estimate of drug-likeness (QED) is 0.875. The fourth-order valence-corrected chi connectivity index (χ4v) is 1.61. The molecule has 1 amide bonds.